The average molecular weight is 565 g/mol. The highest BCUT2D eigenvalue weighted by Crippen LogP contribution is 2.30. The Kier molecular flexibility index (Phi) is 8.11. The Balaban J connectivity index is 1.44. The highest BCUT2D eigenvalue weighted by Gasteiger charge is 2.22. The van der Waals surface area contributed by atoms with Gasteiger partial charge in [0.15, 0.2) is 9.84 Å². The molecule has 1 aliphatic rings. The van der Waals surface area contributed by atoms with Crippen LogP contribution in [0, 0.1) is 0 Å². The lowest BCUT2D eigenvalue weighted by atomic mass is 9.92. The molecule has 0 amide bonds. The minimum atomic E-state index is -3.67. The molecule has 39 heavy (non-hydrogen) atoms. The van der Waals surface area contributed by atoms with Gasteiger partial charge in [0.2, 0.25) is 5.95 Å². The van der Waals surface area contributed by atoms with Crippen LogP contribution in [0.4, 0.5) is 5.95 Å². The summed E-state index contributed by atoms with van der Waals surface area (Å²) < 4.78 is 26.0. The normalized spacial score (nSPS) is 17.8. The molecular weight excluding hydrogens is 532 g/mol. The molecule has 1 fully saturated rings. The van der Waals surface area contributed by atoms with Crippen molar-refractivity contribution in [2.45, 2.75) is 75.1 Å². The molecule has 0 radical (unpaired) electrons. The molecule has 3 N–H and O–H groups in total. The number of sulfone groups is 1. The van der Waals surface area contributed by atoms with Crippen molar-refractivity contribution in [3.63, 3.8) is 0 Å². The van der Waals surface area contributed by atoms with E-state index in [-0.39, 0.29) is 15.7 Å². The maximum atomic E-state index is 13.0. The number of nitrogens with zero attached hydrogens (tertiary/aromatic N) is 4. The van der Waals surface area contributed by atoms with Crippen LogP contribution in [0.25, 0.3) is 22.2 Å². The van der Waals surface area contributed by atoms with Gasteiger partial charge in [-0.1, -0.05) is 37.6 Å². The van der Waals surface area contributed by atoms with E-state index in [1.54, 1.807) is 18.2 Å². The summed E-state index contributed by atoms with van der Waals surface area (Å²) in [7, 11) is -3.67. The molecule has 2 heterocycles. The van der Waals surface area contributed by atoms with Gasteiger partial charge in [0.05, 0.1) is 32.6 Å². The number of hydrogen-bond donors (Lipinski definition) is 2. The highest BCUT2D eigenvalue weighted by atomic mass is 35.5. The van der Waals surface area contributed by atoms with Crippen LogP contribution in [0.15, 0.2) is 53.6 Å². The van der Waals surface area contributed by atoms with Crippen molar-refractivity contribution < 1.29 is 8.42 Å². The van der Waals surface area contributed by atoms with E-state index in [0.717, 1.165) is 65.4 Å². The molecule has 0 spiro atoms. The molecule has 2 aromatic heterocycles. The third-order valence-electron chi connectivity index (χ3n) is 7.34. The Morgan fingerprint density at radius 1 is 1.00 bits per heavy atom. The minimum absolute atomic E-state index is 0.0960. The standard InChI is InChI=1S/C29H33ClN6O2S/c1-3-18-13-20(14-21-16-32-29(34-27(18)21)33-23-11-9-22(31)10-12-23)28-19(4-2)15-24(35-36-28)17-39(37,38)26-8-6-5-7-25(26)30/h5-8,13-16,22-23H,3-4,9-12,17,31H2,1-2H3,(H,32,33,34). The predicted molar refractivity (Wildman–Crippen MR) is 156 cm³/mol. The zero-order chi connectivity index (χ0) is 27.6. The van der Waals surface area contributed by atoms with Crippen LogP contribution in [-0.4, -0.2) is 40.7 Å². The second-order valence-electron chi connectivity index (χ2n) is 10.1. The van der Waals surface area contributed by atoms with Crippen molar-refractivity contribution >= 4 is 38.3 Å². The number of benzene rings is 2. The van der Waals surface area contributed by atoms with Crippen molar-refractivity contribution in [3.8, 4) is 11.3 Å². The van der Waals surface area contributed by atoms with Gasteiger partial charge in [0.1, 0.15) is 0 Å². The zero-order valence-electron chi connectivity index (χ0n) is 22.2. The van der Waals surface area contributed by atoms with Crippen molar-refractivity contribution in [2.75, 3.05) is 5.32 Å². The molecule has 8 nitrogen and oxygen atoms in total. The molecule has 0 saturated heterocycles. The van der Waals surface area contributed by atoms with Gasteiger partial charge in [-0.2, -0.15) is 5.10 Å². The van der Waals surface area contributed by atoms with E-state index >= 15 is 0 Å². The van der Waals surface area contributed by atoms with E-state index in [1.165, 1.54) is 6.07 Å². The lowest BCUT2D eigenvalue weighted by molar-refractivity contribution is 0.410. The van der Waals surface area contributed by atoms with Gasteiger partial charge >= 0.3 is 0 Å². The van der Waals surface area contributed by atoms with Crippen molar-refractivity contribution in [1.82, 2.24) is 20.2 Å². The predicted octanol–water partition coefficient (Wildman–Crippen LogP) is 5.52. The summed E-state index contributed by atoms with van der Waals surface area (Å²) in [4.78, 5) is 9.55. The average Bonchev–Trinajstić information content (AvgIpc) is 2.93. The number of fused-ring (bicyclic) bond motifs is 1. The number of aryl methyl sites for hydroxylation is 2. The lowest BCUT2D eigenvalue weighted by Crippen LogP contribution is -2.33. The number of anilines is 1. The van der Waals surface area contributed by atoms with E-state index in [1.807, 2.05) is 25.3 Å². The van der Waals surface area contributed by atoms with Crippen molar-refractivity contribution in [1.29, 1.82) is 0 Å². The van der Waals surface area contributed by atoms with E-state index in [9.17, 15) is 8.42 Å². The topological polar surface area (TPSA) is 124 Å². The summed E-state index contributed by atoms with van der Waals surface area (Å²) in [6.45, 7) is 4.12. The molecule has 0 bridgehead atoms. The number of nitrogens with two attached hydrogens (primary N) is 1. The largest absolute Gasteiger partial charge is 0.351 e. The molecule has 204 valence electrons. The quantitative estimate of drug-likeness (QED) is 0.286. The molecule has 0 atom stereocenters. The maximum Gasteiger partial charge on any atom is 0.223 e. The van der Waals surface area contributed by atoms with Gasteiger partial charge in [-0.25, -0.2) is 18.4 Å². The number of halogens is 1. The Bertz CT molecular complexity index is 1600. The molecule has 4 aromatic rings. The van der Waals surface area contributed by atoms with Crippen molar-refractivity contribution in [3.05, 3.63) is 70.5 Å². The molecule has 2 aromatic carbocycles. The van der Waals surface area contributed by atoms with Crippen LogP contribution in [0.2, 0.25) is 5.02 Å². The summed E-state index contributed by atoms with van der Waals surface area (Å²) in [5.74, 6) is 0.370. The highest BCUT2D eigenvalue weighted by molar-refractivity contribution is 7.90. The second-order valence-corrected chi connectivity index (χ2v) is 12.5. The first-order chi connectivity index (χ1) is 18.8. The van der Waals surface area contributed by atoms with Gasteiger partial charge < -0.3 is 11.1 Å². The zero-order valence-corrected chi connectivity index (χ0v) is 23.8. The fourth-order valence-corrected chi connectivity index (χ4v) is 7.00. The van der Waals surface area contributed by atoms with Gasteiger partial charge in [0, 0.05) is 29.2 Å². The third kappa shape index (κ3) is 6.05. The Morgan fingerprint density at radius 2 is 1.74 bits per heavy atom. The van der Waals surface area contributed by atoms with Crippen LogP contribution in [0.5, 0.6) is 0 Å². The summed E-state index contributed by atoms with van der Waals surface area (Å²) >= 11 is 6.14. The molecule has 10 heteroatoms. The second kappa shape index (κ2) is 11.5. The molecular formula is C29H33ClN6O2S. The van der Waals surface area contributed by atoms with Gasteiger partial charge in [-0.05, 0) is 80.0 Å². The SMILES string of the molecule is CCc1cc(CS(=O)(=O)c2ccccc2Cl)nnc1-c1cc(CC)c2nc(NC3CCC(N)CC3)ncc2c1. The first-order valence-corrected chi connectivity index (χ1v) is 15.4. The number of aromatic nitrogens is 4. The van der Waals surface area contributed by atoms with E-state index < -0.39 is 9.84 Å². The Morgan fingerprint density at radius 3 is 2.46 bits per heavy atom. The molecule has 1 aliphatic carbocycles. The summed E-state index contributed by atoms with van der Waals surface area (Å²) in [6.07, 6.45) is 7.40. The summed E-state index contributed by atoms with van der Waals surface area (Å²) in [6, 6.07) is 13.0. The maximum absolute atomic E-state index is 13.0. The fourth-order valence-electron chi connectivity index (χ4n) is 5.17. The van der Waals surface area contributed by atoms with Crippen LogP contribution in [0.3, 0.4) is 0 Å². The van der Waals surface area contributed by atoms with Crippen molar-refractivity contribution in [2.24, 2.45) is 5.73 Å². The molecule has 0 unspecified atom stereocenters. The number of rotatable bonds is 8. The first-order valence-electron chi connectivity index (χ1n) is 13.4. The van der Waals surface area contributed by atoms with Crippen LogP contribution in [0.1, 0.15) is 56.4 Å². The monoisotopic (exact) mass is 564 g/mol. The first kappa shape index (κ1) is 27.4. The fraction of sp³-hybridized carbons (Fsp3) is 0.379. The molecule has 1 saturated carbocycles. The van der Waals surface area contributed by atoms with Crippen LogP contribution >= 0.6 is 11.6 Å². The Labute approximate surface area is 234 Å². The lowest BCUT2D eigenvalue weighted by Gasteiger charge is -2.26. The summed E-state index contributed by atoms with van der Waals surface area (Å²) in [5, 5.41) is 13.4. The smallest absolute Gasteiger partial charge is 0.223 e. The third-order valence-corrected chi connectivity index (χ3v) is 9.48. The Hall–Kier alpha value is -3.14. The van der Waals surface area contributed by atoms with Gasteiger partial charge in [-0.3, -0.25) is 0 Å². The van der Waals surface area contributed by atoms with E-state index in [2.05, 4.69) is 33.5 Å². The summed E-state index contributed by atoms with van der Waals surface area (Å²) in [5.41, 5.74) is 11.0. The molecule has 5 rings (SSSR count). The molecule has 0 aliphatic heterocycles. The van der Waals surface area contributed by atoms with Crippen LogP contribution in [-0.2, 0) is 28.4 Å². The minimum Gasteiger partial charge on any atom is -0.351 e. The van der Waals surface area contributed by atoms with E-state index in [0.29, 0.717) is 30.1 Å². The number of nitrogens with one attached hydrogen (secondary N) is 1. The van der Waals surface area contributed by atoms with E-state index in [4.69, 9.17) is 22.3 Å². The van der Waals surface area contributed by atoms with Crippen LogP contribution < -0.4 is 11.1 Å². The number of hydrogen-bond acceptors (Lipinski definition) is 8. The van der Waals surface area contributed by atoms with Gasteiger partial charge in [0.25, 0.3) is 0 Å². The van der Waals surface area contributed by atoms with Gasteiger partial charge in [-0.15, -0.1) is 5.10 Å².